The van der Waals surface area contributed by atoms with E-state index in [-0.39, 0.29) is 5.97 Å². The van der Waals surface area contributed by atoms with Gasteiger partial charge in [0, 0.05) is 6.42 Å². The van der Waals surface area contributed by atoms with Crippen LogP contribution < -0.4 is 0 Å². The molecule has 0 aliphatic carbocycles. The Morgan fingerprint density at radius 2 is 1.82 bits per heavy atom. The van der Waals surface area contributed by atoms with E-state index in [4.69, 9.17) is 4.74 Å². The number of ether oxygens (including phenoxy) is 1. The first-order valence-electron chi connectivity index (χ1n) is 7.25. The molecule has 17 heavy (non-hydrogen) atoms. The fourth-order valence-electron chi connectivity index (χ4n) is 3.42. The molecule has 2 bridgehead atoms. The van der Waals surface area contributed by atoms with Crippen LogP contribution in [0.5, 0.6) is 0 Å². The second kappa shape index (κ2) is 5.85. The molecule has 0 spiro atoms. The average molecular weight is 240 g/mol. The first-order chi connectivity index (χ1) is 8.24. The van der Waals surface area contributed by atoms with Crippen molar-refractivity contribution >= 4 is 5.97 Å². The van der Waals surface area contributed by atoms with E-state index in [0.717, 1.165) is 12.3 Å². The summed E-state index contributed by atoms with van der Waals surface area (Å²) in [6, 6.07) is 0. The molecule has 0 amide bonds. The summed E-state index contributed by atoms with van der Waals surface area (Å²) in [6.07, 6.45) is 7.12. The molecular weight excluding hydrogens is 214 g/mol. The molecule has 0 aromatic heterocycles. The Bertz CT molecular complexity index is 243. The highest BCUT2D eigenvalue weighted by atomic mass is 16.5. The summed E-state index contributed by atoms with van der Waals surface area (Å²) in [5.74, 6) is 1.01. The van der Waals surface area contributed by atoms with Gasteiger partial charge in [0.15, 0.2) is 0 Å². The molecule has 0 aromatic rings. The molecule has 3 nitrogen and oxygen atoms in total. The van der Waals surface area contributed by atoms with E-state index in [1.165, 1.54) is 56.3 Å². The molecule has 3 aliphatic rings. The van der Waals surface area contributed by atoms with E-state index < -0.39 is 0 Å². The smallest absolute Gasteiger partial charge is 0.305 e. The first kappa shape index (κ1) is 12.9. The minimum Gasteiger partial charge on any atom is -0.466 e. The van der Waals surface area contributed by atoms with Gasteiger partial charge in [0.1, 0.15) is 0 Å². The summed E-state index contributed by atoms with van der Waals surface area (Å²) < 4.78 is 6.30. The Morgan fingerprint density at radius 3 is 2.41 bits per heavy atom. The molecule has 0 unspecified atom stereocenters. The number of carbonyl (C=O) groups excluding carboxylic acids is 1. The van der Waals surface area contributed by atoms with Crippen LogP contribution in [0, 0.1) is 5.92 Å². The van der Waals surface area contributed by atoms with Gasteiger partial charge in [-0.2, -0.15) is 0 Å². The topological polar surface area (TPSA) is 26.3 Å². The molecule has 3 rings (SSSR count). The highest BCUT2D eigenvalue weighted by molar-refractivity contribution is 5.69. The van der Waals surface area contributed by atoms with Crippen LogP contribution in [0.15, 0.2) is 0 Å². The zero-order valence-electron chi connectivity index (χ0n) is 11.1. The number of rotatable bonds is 6. The first-order valence-corrected chi connectivity index (χ1v) is 7.25. The SMILES string of the molecule is CCOC(=O)CCCC[N+]12CCC(CC1)CC2. The van der Waals surface area contributed by atoms with Crippen LogP contribution in [0.3, 0.4) is 0 Å². The molecule has 3 heteroatoms. The Balaban J connectivity index is 1.63. The summed E-state index contributed by atoms with van der Waals surface area (Å²) in [4.78, 5) is 11.2. The third kappa shape index (κ3) is 3.44. The Labute approximate surface area is 105 Å². The second-order valence-corrected chi connectivity index (χ2v) is 5.73. The molecule has 0 N–H and O–H groups in total. The maximum atomic E-state index is 11.2. The highest BCUT2D eigenvalue weighted by Gasteiger charge is 2.38. The van der Waals surface area contributed by atoms with E-state index in [1.807, 2.05) is 6.92 Å². The number of hydrogen-bond acceptors (Lipinski definition) is 2. The lowest BCUT2D eigenvalue weighted by atomic mass is 9.85. The Morgan fingerprint density at radius 1 is 1.18 bits per heavy atom. The van der Waals surface area contributed by atoms with Gasteiger partial charge in [-0.25, -0.2) is 0 Å². The van der Waals surface area contributed by atoms with E-state index in [2.05, 4.69) is 0 Å². The van der Waals surface area contributed by atoms with Crippen LogP contribution in [0.2, 0.25) is 0 Å². The van der Waals surface area contributed by atoms with Crippen molar-refractivity contribution in [3.05, 3.63) is 0 Å². The van der Waals surface area contributed by atoms with Gasteiger partial charge in [-0.05, 0) is 44.9 Å². The zero-order valence-corrected chi connectivity index (χ0v) is 11.1. The molecule has 98 valence electrons. The lowest BCUT2D eigenvalue weighted by Crippen LogP contribution is -2.58. The van der Waals surface area contributed by atoms with Crippen LogP contribution in [0.25, 0.3) is 0 Å². The van der Waals surface area contributed by atoms with Gasteiger partial charge in [0.2, 0.25) is 0 Å². The highest BCUT2D eigenvalue weighted by Crippen LogP contribution is 2.33. The fourth-order valence-corrected chi connectivity index (χ4v) is 3.42. The summed E-state index contributed by atoms with van der Waals surface area (Å²) >= 11 is 0. The predicted octanol–water partition coefficient (Wildman–Crippen LogP) is 2.35. The number of nitrogens with zero attached hydrogens (tertiary/aromatic N) is 1. The summed E-state index contributed by atoms with van der Waals surface area (Å²) in [6.45, 7) is 7.85. The summed E-state index contributed by atoms with van der Waals surface area (Å²) in [7, 11) is 0. The number of carbonyl (C=O) groups is 1. The molecule has 0 radical (unpaired) electrons. The lowest BCUT2D eigenvalue weighted by molar-refractivity contribution is -0.942. The average Bonchev–Trinajstić information content (AvgIpc) is 2.37. The van der Waals surface area contributed by atoms with Crippen molar-refractivity contribution in [1.82, 2.24) is 0 Å². The molecule has 0 saturated carbocycles. The predicted molar refractivity (Wildman–Crippen MR) is 67.6 cm³/mol. The summed E-state index contributed by atoms with van der Waals surface area (Å²) in [5.41, 5.74) is 0. The van der Waals surface area contributed by atoms with Crippen molar-refractivity contribution in [2.24, 2.45) is 5.92 Å². The zero-order chi connectivity index (χ0) is 12.1. The van der Waals surface area contributed by atoms with E-state index in [9.17, 15) is 4.79 Å². The largest absolute Gasteiger partial charge is 0.466 e. The molecule has 3 aliphatic heterocycles. The van der Waals surface area contributed by atoms with E-state index in [0.29, 0.717) is 13.0 Å². The molecule has 0 atom stereocenters. The van der Waals surface area contributed by atoms with Crippen LogP contribution in [0.4, 0.5) is 0 Å². The number of piperidine rings is 3. The monoisotopic (exact) mass is 240 g/mol. The summed E-state index contributed by atoms with van der Waals surface area (Å²) in [5, 5.41) is 0. The maximum absolute atomic E-state index is 11.2. The van der Waals surface area contributed by atoms with Gasteiger partial charge in [0.05, 0.1) is 32.8 Å². The standard InChI is InChI=1S/C14H26NO2/c1-2-17-14(16)5-3-4-9-15-10-6-13(7-11-15)8-12-15/h13H,2-12H2,1H3/q+1. The van der Waals surface area contributed by atoms with Gasteiger partial charge in [-0.15, -0.1) is 0 Å². The Hall–Kier alpha value is -0.570. The molecular formula is C14H26NO2+. The molecule has 3 saturated heterocycles. The van der Waals surface area contributed by atoms with Crippen molar-refractivity contribution in [2.75, 3.05) is 32.8 Å². The van der Waals surface area contributed by atoms with E-state index in [1.54, 1.807) is 0 Å². The van der Waals surface area contributed by atoms with Gasteiger partial charge in [-0.1, -0.05) is 0 Å². The number of esters is 1. The maximum Gasteiger partial charge on any atom is 0.305 e. The van der Waals surface area contributed by atoms with Crippen LogP contribution in [0.1, 0.15) is 45.4 Å². The van der Waals surface area contributed by atoms with Crippen LogP contribution >= 0.6 is 0 Å². The van der Waals surface area contributed by atoms with Crippen molar-refractivity contribution in [2.45, 2.75) is 45.4 Å². The van der Waals surface area contributed by atoms with Crippen LogP contribution in [-0.2, 0) is 9.53 Å². The van der Waals surface area contributed by atoms with Crippen molar-refractivity contribution in [3.8, 4) is 0 Å². The number of quaternary nitrogens is 1. The fraction of sp³-hybridized carbons (Fsp3) is 0.929. The molecule has 3 heterocycles. The minimum atomic E-state index is -0.0233. The molecule has 0 aromatic carbocycles. The van der Waals surface area contributed by atoms with Gasteiger partial charge in [0.25, 0.3) is 0 Å². The second-order valence-electron chi connectivity index (χ2n) is 5.73. The normalized spacial score (nSPS) is 31.5. The van der Waals surface area contributed by atoms with Crippen molar-refractivity contribution in [3.63, 3.8) is 0 Å². The van der Waals surface area contributed by atoms with Gasteiger partial charge < -0.3 is 9.22 Å². The lowest BCUT2D eigenvalue weighted by Gasteiger charge is -2.49. The van der Waals surface area contributed by atoms with Crippen LogP contribution in [-0.4, -0.2) is 43.2 Å². The number of hydrogen-bond donors (Lipinski definition) is 0. The molecule has 3 fully saturated rings. The quantitative estimate of drug-likeness (QED) is 0.405. The third-order valence-electron chi connectivity index (χ3n) is 4.60. The number of fused-ring (bicyclic) bond motifs is 3. The number of unbranched alkanes of at least 4 members (excludes halogenated alkanes) is 1. The van der Waals surface area contributed by atoms with E-state index >= 15 is 0 Å². The van der Waals surface area contributed by atoms with Gasteiger partial charge in [-0.3, -0.25) is 4.79 Å². The Kier molecular flexibility index (Phi) is 4.43. The minimum absolute atomic E-state index is 0.0233. The third-order valence-corrected chi connectivity index (χ3v) is 4.60. The van der Waals surface area contributed by atoms with Crippen molar-refractivity contribution in [1.29, 1.82) is 0 Å². The van der Waals surface area contributed by atoms with Crippen molar-refractivity contribution < 1.29 is 14.0 Å². The van der Waals surface area contributed by atoms with Gasteiger partial charge >= 0.3 is 5.97 Å².